The molecule has 0 fully saturated rings. The maximum absolute atomic E-state index is 5.52. The van der Waals surface area contributed by atoms with Crippen molar-refractivity contribution in [2.45, 2.75) is 33.1 Å². The summed E-state index contributed by atoms with van der Waals surface area (Å²) in [5.41, 5.74) is 1.23. The zero-order chi connectivity index (χ0) is 13.2. The number of ether oxygens (including phenoxy) is 2. The number of hydrogen-bond donors (Lipinski definition) is 0. The quantitative estimate of drug-likeness (QED) is 0.632. The van der Waals surface area contributed by atoms with Crippen molar-refractivity contribution in [3.05, 3.63) is 30.1 Å². The van der Waals surface area contributed by atoms with Crippen LogP contribution in [-0.4, -0.2) is 43.0 Å². The summed E-state index contributed by atoms with van der Waals surface area (Å²) in [5, 5.41) is 0. The van der Waals surface area contributed by atoms with Crippen molar-refractivity contribution in [3.63, 3.8) is 0 Å². The monoisotopic (exact) mass is 252 g/mol. The third-order valence-corrected chi connectivity index (χ3v) is 2.63. The van der Waals surface area contributed by atoms with Crippen LogP contribution in [0.5, 0.6) is 0 Å². The molecular formula is C14H24N2O2. The molecule has 0 amide bonds. The van der Waals surface area contributed by atoms with Crippen molar-refractivity contribution in [1.82, 2.24) is 9.88 Å². The van der Waals surface area contributed by atoms with Gasteiger partial charge in [0.05, 0.1) is 0 Å². The van der Waals surface area contributed by atoms with Crippen LogP contribution in [0.15, 0.2) is 24.5 Å². The molecule has 1 aromatic heterocycles. The maximum Gasteiger partial charge on any atom is 0.158 e. The average molecular weight is 252 g/mol. The lowest BCUT2D eigenvalue weighted by Crippen LogP contribution is -2.26. The summed E-state index contributed by atoms with van der Waals surface area (Å²) in [6.45, 7) is 7.21. The van der Waals surface area contributed by atoms with Crippen LogP contribution in [0, 0.1) is 0 Å². The first kappa shape index (κ1) is 15.1. The molecule has 102 valence electrons. The van der Waals surface area contributed by atoms with Gasteiger partial charge in [-0.3, -0.25) is 4.98 Å². The molecule has 1 heterocycles. The molecule has 0 radical (unpaired) electrons. The van der Waals surface area contributed by atoms with Gasteiger partial charge >= 0.3 is 0 Å². The molecule has 0 aliphatic rings. The number of pyridine rings is 1. The minimum atomic E-state index is -0.0867. The van der Waals surface area contributed by atoms with E-state index < -0.39 is 0 Å². The van der Waals surface area contributed by atoms with Gasteiger partial charge in [-0.1, -0.05) is 6.07 Å². The molecule has 0 N–H and O–H groups in total. The Bertz CT molecular complexity index is 300. The van der Waals surface area contributed by atoms with Crippen LogP contribution in [0.4, 0.5) is 0 Å². The van der Waals surface area contributed by atoms with E-state index in [0.717, 1.165) is 19.5 Å². The highest BCUT2D eigenvalue weighted by Crippen LogP contribution is 2.05. The van der Waals surface area contributed by atoms with Crippen molar-refractivity contribution in [3.8, 4) is 0 Å². The zero-order valence-corrected chi connectivity index (χ0v) is 11.6. The van der Waals surface area contributed by atoms with Crippen LogP contribution in [0.1, 0.15) is 25.8 Å². The highest BCUT2D eigenvalue weighted by molar-refractivity contribution is 5.07. The van der Waals surface area contributed by atoms with Crippen LogP contribution in [0.3, 0.4) is 0 Å². The Morgan fingerprint density at radius 2 is 2.00 bits per heavy atom. The zero-order valence-electron chi connectivity index (χ0n) is 11.6. The summed E-state index contributed by atoms with van der Waals surface area (Å²) >= 11 is 0. The van der Waals surface area contributed by atoms with E-state index in [1.54, 1.807) is 6.20 Å². The minimum Gasteiger partial charge on any atom is -0.353 e. The van der Waals surface area contributed by atoms with Crippen LogP contribution < -0.4 is 0 Å². The molecule has 0 aliphatic carbocycles. The molecule has 0 aromatic carbocycles. The Labute approximate surface area is 110 Å². The smallest absolute Gasteiger partial charge is 0.158 e. The molecule has 4 nitrogen and oxygen atoms in total. The standard InChI is InChI=1S/C14H24N2O2/c1-4-17-14(18-5-2)8-10-16(3)12-13-7-6-9-15-11-13/h6-7,9,11,14H,4-5,8,10,12H2,1-3H3. The Hall–Kier alpha value is -0.970. The molecule has 0 saturated heterocycles. The van der Waals surface area contributed by atoms with E-state index >= 15 is 0 Å². The van der Waals surface area contributed by atoms with Crippen molar-refractivity contribution in [2.24, 2.45) is 0 Å². The van der Waals surface area contributed by atoms with Crippen LogP contribution in [-0.2, 0) is 16.0 Å². The molecule has 1 aromatic rings. The first-order valence-corrected chi connectivity index (χ1v) is 6.56. The number of hydrogen-bond acceptors (Lipinski definition) is 4. The van der Waals surface area contributed by atoms with Crippen molar-refractivity contribution in [1.29, 1.82) is 0 Å². The summed E-state index contributed by atoms with van der Waals surface area (Å²) < 4.78 is 11.0. The van der Waals surface area contributed by atoms with E-state index in [2.05, 4.69) is 23.0 Å². The molecule has 1 rings (SSSR count). The van der Waals surface area contributed by atoms with Gasteiger partial charge in [-0.05, 0) is 32.5 Å². The fourth-order valence-electron chi connectivity index (χ4n) is 1.79. The lowest BCUT2D eigenvalue weighted by molar-refractivity contribution is -0.141. The fraction of sp³-hybridized carbons (Fsp3) is 0.643. The van der Waals surface area contributed by atoms with Gasteiger partial charge in [0.25, 0.3) is 0 Å². The Morgan fingerprint density at radius 3 is 2.56 bits per heavy atom. The van der Waals surface area contributed by atoms with E-state index in [1.807, 2.05) is 26.1 Å². The van der Waals surface area contributed by atoms with Crippen molar-refractivity contribution >= 4 is 0 Å². The Kier molecular flexibility index (Phi) is 7.57. The van der Waals surface area contributed by atoms with Crippen LogP contribution >= 0.6 is 0 Å². The Morgan fingerprint density at radius 1 is 1.28 bits per heavy atom. The molecule has 0 bridgehead atoms. The topological polar surface area (TPSA) is 34.6 Å². The van der Waals surface area contributed by atoms with Gasteiger partial charge in [-0.25, -0.2) is 0 Å². The molecule has 18 heavy (non-hydrogen) atoms. The van der Waals surface area contributed by atoms with E-state index in [4.69, 9.17) is 9.47 Å². The maximum atomic E-state index is 5.52. The van der Waals surface area contributed by atoms with Gasteiger partial charge in [-0.2, -0.15) is 0 Å². The summed E-state index contributed by atoms with van der Waals surface area (Å²) in [4.78, 5) is 6.37. The average Bonchev–Trinajstić information content (AvgIpc) is 2.38. The SMILES string of the molecule is CCOC(CCN(C)Cc1cccnc1)OCC. The summed E-state index contributed by atoms with van der Waals surface area (Å²) in [5.74, 6) is 0. The van der Waals surface area contributed by atoms with Gasteiger partial charge in [0.2, 0.25) is 0 Å². The van der Waals surface area contributed by atoms with E-state index in [1.165, 1.54) is 5.56 Å². The molecule has 4 heteroatoms. The predicted octanol–water partition coefficient (Wildman–Crippen LogP) is 2.30. The third kappa shape index (κ3) is 6.10. The number of aromatic nitrogens is 1. The van der Waals surface area contributed by atoms with Gasteiger partial charge in [0.1, 0.15) is 0 Å². The van der Waals surface area contributed by atoms with E-state index in [0.29, 0.717) is 13.2 Å². The van der Waals surface area contributed by atoms with Crippen molar-refractivity contribution < 1.29 is 9.47 Å². The van der Waals surface area contributed by atoms with Gasteiger partial charge < -0.3 is 14.4 Å². The predicted molar refractivity (Wildman–Crippen MR) is 72.2 cm³/mol. The Balaban J connectivity index is 2.28. The third-order valence-electron chi connectivity index (χ3n) is 2.63. The lowest BCUT2D eigenvalue weighted by atomic mass is 10.2. The first-order valence-electron chi connectivity index (χ1n) is 6.56. The number of nitrogens with zero attached hydrogens (tertiary/aromatic N) is 2. The minimum absolute atomic E-state index is 0.0867. The van der Waals surface area contributed by atoms with E-state index in [9.17, 15) is 0 Å². The van der Waals surface area contributed by atoms with E-state index in [-0.39, 0.29) is 6.29 Å². The second-order valence-corrected chi connectivity index (χ2v) is 4.23. The fourth-order valence-corrected chi connectivity index (χ4v) is 1.79. The highest BCUT2D eigenvalue weighted by Gasteiger charge is 2.09. The first-order chi connectivity index (χ1) is 8.76. The normalized spacial score (nSPS) is 11.4. The van der Waals surface area contributed by atoms with Gasteiger partial charge in [0.15, 0.2) is 6.29 Å². The molecule has 0 atom stereocenters. The highest BCUT2D eigenvalue weighted by atomic mass is 16.7. The van der Waals surface area contributed by atoms with Crippen molar-refractivity contribution in [2.75, 3.05) is 26.8 Å². The molecule has 0 saturated carbocycles. The summed E-state index contributed by atoms with van der Waals surface area (Å²) in [6, 6.07) is 4.05. The van der Waals surface area contributed by atoms with Gasteiger partial charge in [0, 0.05) is 45.1 Å². The van der Waals surface area contributed by atoms with Crippen LogP contribution in [0.25, 0.3) is 0 Å². The largest absolute Gasteiger partial charge is 0.353 e. The molecule has 0 spiro atoms. The number of rotatable bonds is 9. The van der Waals surface area contributed by atoms with Gasteiger partial charge in [-0.15, -0.1) is 0 Å². The lowest BCUT2D eigenvalue weighted by Gasteiger charge is -2.21. The molecule has 0 aliphatic heterocycles. The second kappa shape index (κ2) is 9.03. The summed E-state index contributed by atoms with van der Waals surface area (Å²) in [6.07, 6.45) is 4.50. The van der Waals surface area contributed by atoms with Crippen LogP contribution in [0.2, 0.25) is 0 Å². The summed E-state index contributed by atoms with van der Waals surface area (Å²) in [7, 11) is 2.10. The molecular weight excluding hydrogens is 228 g/mol. The molecule has 0 unspecified atom stereocenters. The second-order valence-electron chi connectivity index (χ2n) is 4.23.